The SMILES string of the molecule is NC1=CC(c2ccc3c(c2)CCCC(c2ccc(Cl)cc2O)=C3c2ccc(OC3CCN(CCCF)C3)cc2)=NC1. The number of hydrogen-bond donors (Lipinski definition) is 2. The van der Waals surface area contributed by atoms with Crippen LogP contribution in [0.1, 0.15) is 53.5 Å². The van der Waals surface area contributed by atoms with Gasteiger partial charge in [-0.15, -0.1) is 0 Å². The van der Waals surface area contributed by atoms with Crippen LogP contribution in [0.3, 0.4) is 0 Å². The van der Waals surface area contributed by atoms with Gasteiger partial charge in [0.2, 0.25) is 0 Å². The first kappa shape index (κ1) is 27.6. The molecule has 6 rings (SSSR count). The van der Waals surface area contributed by atoms with E-state index in [1.54, 1.807) is 6.07 Å². The van der Waals surface area contributed by atoms with E-state index in [2.05, 4.69) is 40.2 Å². The largest absolute Gasteiger partial charge is 0.507 e. The van der Waals surface area contributed by atoms with Crippen LogP contribution in [0.5, 0.6) is 11.5 Å². The van der Waals surface area contributed by atoms with Gasteiger partial charge in [-0.3, -0.25) is 14.3 Å². The number of allylic oxidation sites excluding steroid dienone is 2. The van der Waals surface area contributed by atoms with Crippen LogP contribution in [-0.4, -0.2) is 54.7 Å². The molecule has 41 heavy (non-hydrogen) atoms. The first-order chi connectivity index (χ1) is 20.0. The molecule has 3 aromatic rings. The molecular weight excluding hydrogens is 537 g/mol. The molecule has 0 saturated carbocycles. The van der Waals surface area contributed by atoms with E-state index in [1.807, 2.05) is 30.3 Å². The van der Waals surface area contributed by atoms with E-state index >= 15 is 0 Å². The highest BCUT2D eigenvalue weighted by molar-refractivity contribution is 6.30. The lowest BCUT2D eigenvalue weighted by molar-refractivity contribution is 0.198. The Morgan fingerprint density at radius 1 is 1.02 bits per heavy atom. The van der Waals surface area contributed by atoms with Crippen molar-refractivity contribution < 1.29 is 14.2 Å². The molecule has 5 nitrogen and oxygen atoms in total. The number of aromatic hydroxyl groups is 1. The van der Waals surface area contributed by atoms with Crippen LogP contribution >= 0.6 is 11.6 Å². The van der Waals surface area contributed by atoms with Crippen LogP contribution in [0.2, 0.25) is 5.02 Å². The van der Waals surface area contributed by atoms with Crippen molar-refractivity contribution in [3.8, 4) is 11.5 Å². The van der Waals surface area contributed by atoms with Gasteiger partial charge >= 0.3 is 0 Å². The fourth-order valence-corrected chi connectivity index (χ4v) is 6.36. The maximum absolute atomic E-state index is 12.6. The molecular formula is C34H35ClFN3O2. The Morgan fingerprint density at radius 2 is 1.83 bits per heavy atom. The highest BCUT2D eigenvalue weighted by Crippen LogP contribution is 2.43. The fourth-order valence-electron chi connectivity index (χ4n) is 6.20. The molecule has 1 aliphatic carbocycles. The number of nitrogens with two attached hydrogens (primary N) is 1. The molecule has 212 valence electrons. The third kappa shape index (κ3) is 6.04. The van der Waals surface area contributed by atoms with Crippen LogP contribution < -0.4 is 10.5 Å². The molecule has 0 radical (unpaired) electrons. The highest BCUT2D eigenvalue weighted by Gasteiger charge is 2.25. The number of aryl methyl sites for hydroxylation is 1. The number of benzene rings is 3. The van der Waals surface area contributed by atoms with Gasteiger partial charge in [-0.05, 0) is 102 Å². The Morgan fingerprint density at radius 3 is 2.59 bits per heavy atom. The number of phenolic OH excluding ortho intramolecular Hbond substituents is 1. The molecule has 3 aromatic carbocycles. The van der Waals surface area contributed by atoms with Gasteiger partial charge in [-0.2, -0.15) is 0 Å². The number of alkyl halides is 1. The predicted molar refractivity (Wildman–Crippen MR) is 165 cm³/mol. The Labute approximate surface area is 245 Å². The first-order valence-electron chi connectivity index (χ1n) is 14.4. The fraction of sp³-hybridized carbons (Fsp3) is 0.324. The molecule has 2 heterocycles. The summed E-state index contributed by atoms with van der Waals surface area (Å²) in [5.41, 5.74) is 15.3. The first-order valence-corrected chi connectivity index (χ1v) is 14.8. The summed E-state index contributed by atoms with van der Waals surface area (Å²) in [7, 11) is 0. The normalized spacial score (nSPS) is 19.1. The van der Waals surface area contributed by atoms with E-state index in [0.717, 1.165) is 95.9 Å². The Hall–Kier alpha value is -3.61. The third-order valence-electron chi connectivity index (χ3n) is 8.17. The van der Waals surface area contributed by atoms with Crippen molar-refractivity contribution in [1.29, 1.82) is 0 Å². The summed E-state index contributed by atoms with van der Waals surface area (Å²) in [5.74, 6) is 1.01. The number of ether oxygens (including phenoxy) is 1. The van der Waals surface area contributed by atoms with Crippen molar-refractivity contribution in [2.45, 2.75) is 38.2 Å². The molecule has 2 aliphatic heterocycles. The minimum Gasteiger partial charge on any atom is -0.507 e. The maximum Gasteiger partial charge on any atom is 0.124 e. The Bertz CT molecular complexity index is 1530. The van der Waals surface area contributed by atoms with Crippen molar-refractivity contribution in [3.63, 3.8) is 0 Å². The van der Waals surface area contributed by atoms with E-state index in [4.69, 9.17) is 22.1 Å². The lowest BCUT2D eigenvalue weighted by Gasteiger charge is -2.19. The van der Waals surface area contributed by atoms with Crippen molar-refractivity contribution in [1.82, 2.24) is 4.90 Å². The Balaban J connectivity index is 1.36. The predicted octanol–water partition coefficient (Wildman–Crippen LogP) is 6.80. The van der Waals surface area contributed by atoms with Gasteiger partial charge in [0.15, 0.2) is 0 Å². The number of halogens is 2. The van der Waals surface area contributed by atoms with E-state index in [9.17, 15) is 9.50 Å². The smallest absolute Gasteiger partial charge is 0.124 e. The summed E-state index contributed by atoms with van der Waals surface area (Å²) in [6, 6.07) is 20.2. The lowest BCUT2D eigenvalue weighted by atomic mass is 9.87. The maximum atomic E-state index is 12.6. The number of aliphatic imine (C=N–C) groups is 1. The molecule has 0 aromatic heterocycles. The molecule has 0 spiro atoms. The number of fused-ring (bicyclic) bond motifs is 1. The van der Waals surface area contributed by atoms with Crippen molar-refractivity contribution >= 4 is 28.5 Å². The minimum atomic E-state index is -0.278. The van der Waals surface area contributed by atoms with Crippen LogP contribution in [0, 0.1) is 0 Å². The minimum absolute atomic E-state index is 0.111. The zero-order valence-electron chi connectivity index (χ0n) is 23.1. The molecule has 7 heteroatoms. The van der Waals surface area contributed by atoms with Crippen molar-refractivity contribution in [2.24, 2.45) is 10.7 Å². The quantitative estimate of drug-likeness (QED) is 0.312. The summed E-state index contributed by atoms with van der Waals surface area (Å²) in [5, 5.41) is 11.4. The molecule has 1 saturated heterocycles. The number of nitrogens with zero attached hydrogens (tertiary/aromatic N) is 2. The highest BCUT2D eigenvalue weighted by atomic mass is 35.5. The Kier molecular flexibility index (Phi) is 8.13. The van der Waals surface area contributed by atoms with Crippen molar-refractivity contribution in [2.75, 3.05) is 32.9 Å². The topological polar surface area (TPSA) is 71.1 Å². The summed E-state index contributed by atoms with van der Waals surface area (Å²) >= 11 is 6.20. The van der Waals surface area contributed by atoms with Gasteiger partial charge in [-0.25, -0.2) is 0 Å². The van der Waals surface area contributed by atoms with Gasteiger partial charge in [0, 0.05) is 41.5 Å². The molecule has 0 amide bonds. The molecule has 1 unspecified atom stereocenters. The van der Waals surface area contributed by atoms with Gasteiger partial charge < -0.3 is 15.6 Å². The zero-order valence-corrected chi connectivity index (χ0v) is 23.8. The van der Waals surface area contributed by atoms with E-state index in [-0.39, 0.29) is 18.5 Å². The van der Waals surface area contributed by atoms with Gasteiger partial charge in [0.1, 0.15) is 17.6 Å². The average Bonchev–Trinajstić information content (AvgIpc) is 3.56. The van der Waals surface area contributed by atoms with Gasteiger partial charge in [0.25, 0.3) is 0 Å². The number of hydrogen-bond acceptors (Lipinski definition) is 5. The van der Waals surface area contributed by atoms with Crippen molar-refractivity contribution in [3.05, 3.63) is 105 Å². The van der Waals surface area contributed by atoms with Gasteiger partial charge in [-0.1, -0.05) is 35.9 Å². The van der Waals surface area contributed by atoms with E-state index < -0.39 is 0 Å². The third-order valence-corrected chi connectivity index (χ3v) is 8.40. The molecule has 0 bridgehead atoms. The second kappa shape index (κ2) is 12.1. The second-order valence-corrected chi connectivity index (χ2v) is 11.5. The van der Waals surface area contributed by atoms with E-state index in [0.29, 0.717) is 18.0 Å². The summed E-state index contributed by atoms with van der Waals surface area (Å²) in [4.78, 5) is 6.87. The van der Waals surface area contributed by atoms with Crippen LogP contribution in [0.15, 0.2) is 77.4 Å². The summed E-state index contributed by atoms with van der Waals surface area (Å²) < 4.78 is 18.9. The van der Waals surface area contributed by atoms with E-state index in [1.165, 1.54) is 5.56 Å². The number of phenols is 1. The van der Waals surface area contributed by atoms with Crippen LogP contribution in [0.4, 0.5) is 4.39 Å². The lowest BCUT2D eigenvalue weighted by Crippen LogP contribution is -2.26. The van der Waals surface area contributed by atoms with Crippen LogP contribution in [0.25, 0.3) is 11.1 Å². The van der Waals surface area contributed by atoms with Crippen LogP contribution in [-0.2, 0) is 6.42 Å². The molecule has 3 N–H and O–H groups in total. The summed E-state index contributed by atoms with van der Waals surface area (Å²) in [6.07, 6.45) is 6.26. The molecule has 1 fully saturated rings. The molecule has 3 aliphatic rings. The number of likely N-dealkylation sites (tertiary alicyclic amines) is 1. The monoisotopic (exact) mass is 571 g/mol. The second-order valence-electron chi connectivity index (χ2n) is 11.1. The average molecular weight is 572 g/mol. The van der Waals surface area contributed by atoms with Gasteiger partial charge in [0.05, 0.1) is 18.9 Å². The zero-order chi connectivity index (χ0) is 28.3. The molecule has 1 atom stereocenters. The summed E-state index contributed by atoms with van der Waals surface area (Å²) in [6.45, 7) is 2.82. The number of rotatable bonds is 8. The standard InChI is InChI=1S/C34H35ClFN3O2/c35-25-8-12-30(33(40)18-25)31-4-1-3-23-17-24(32-19-26(37)20-38-32)7-11-29(23)34(31)22-5-9-27(10-6-22)41-28-13-16-39(21-28)15-2-14-36/h5-12,17-19,28,40H,1-4,13-16,20-21,37H2.